The number of carbonyl (C=O) groups excluding carboxylic acids is 1. The van der Waals surface area contributed by atoms with Crippen molar-refractivity contribution >= 4 is 5.91 Å². The SMILES string of the molecule is CC1(NC(=O)c2cccc(-c3cncnc3)n2)COC1. The van der Waals surface area contributed by atoms with Crippen LogP contribution in [0.2, 0.25) is 0 Å². The summed E-state index contributed by atoms with van der Waals surface area (Å²) >= 11 is 0. The second-order valence-corrected chi connectivity index (χ2v) is 5.04. The second kappa shape index (κ2) is 4.97. The van der Waals surface area contributed by atoms with Crippen LogP contribution in [0.4, 0.5) is 0 Å². The lowest BCUT2D eigenvalue weighted by Crippen LogP contribution is -2.60. The van der Waals surface area contributed by atoms with E-state index in [1.165, 1.54) is 6.33 Å². The molecular weight excluding hydrogens is 256 g/mol. The van der Waals surface area contributed by atoms with Gasteiger partial charge in [-0.1, -0.05) is 6.07 Å². The quantitative estimate of drug-likeness (QED) is 0.902. The van der Waals surface area contributed by atoms with Crippen LogP contribution in [0.3, 0.4) is 0 Å². The van der Waals surface area contributed by atoms with Crippen molar-refractivity contribution in [3.8, 4) is 11.3 Å². The highest BCUT2D eigenvalue weighted by Crippen LogP contribution is 2.18. The number of aromatic nitrogens is 3. The standard InChI is InChI=1S/C14H14N4O2/c1-14(7-20-8-14)18-13(19)12-4-2-3-11(17-12)10-5-15-9-16-6-10/h2-6,9H,7-8H2,1H3,(H,18,19). The molecule has 3 heterocycles. The Morgan fingerprint density at radius 2 is 2.05 bits per heavy atom. The Morgan fingerprint density at radius 1 is 1.30 bits per heavy atom. The highest BCUT2D eigenvalue weighted by atomic mass is 16.5. The lowest BCUT2D eigenvalue weighted by molar-refractivity contribution is -0.0594. The molecule has 6 nitrogen and oxygen atoms in total. The van der Waals surface area contributed by atoms with Gasteiger partial charge < -0.3 is 10.1 Å². The fourth-order valence-electron chi connectivity index (χ4n) is 1.97. The summed E-state index contributed by atoms with van der Waals surface area (Å²) in [5.74, 6) is -0.200. The molecule has 0 atom stereocenters. The topological polar surface area (TPSA) is 77.0 Å². The maximum Gasteiger partial charge on any atom is 0.270 e. The van der Waals surface area contributed by atoms with Gasteiger partial charge in [-0.2, -0.15) is 0 Å². The lowest BCUT2D eigenvalue weighted by Gasteiger charge is -2.38. The summed E-state index contributed by atoms with van der Waals surface area (Å²) in [6.07, 6.45) is 4.79. The summed E-state index contributed by atoms with van der Waals surface area (Å²) in [4.78, 5) is 24.4. The molecule has 0 aromatic carbocycles. The van der Waals surface area contributed by atoms with E-state index in [2.05, 4.69) is 20.3 Å². The van der Waals surface area contributed by atoms with E-state index in [1.807, 2.05) is 13.0 Å². The van der Waals surface area contributed by atoms with E-state index in [0.29, 0.717) is 24.6 Å². The number of rotatable bonds is 3. The Balaban J connectivity index is 1.82. The van der Waals surface area contributed by atoms with E-state index in [-0.39, 0.29) is 11.4 Å². The minimum Gasteiger partial charge on any atom is -0.376 e. The zero-order valence-corrected chi connectivity index (χ0v) is 11.0. The van der Waals surface area contributed by atoms with E-state index in [4.69, 9.17) is 4.74 Å². The van der Waals surface area contributed by atoms with Crippen LogP contribution in [0.25, 0.3) is 11.3 Å². The van der Waals surface area contributed by atoms with Crippen molar-refractivity contribution in [2.75, 3.05) is 13.2 Å². The number of carbonyl (C=O) groups is 1. The van der Waals surface area contributed by atoms with Gasteiger partial charge in [0.1, 0.15) is 12.0 Å². The summed E-state index contributed by atoms with van der Waals surface area (Å²) in [5.41, 5.74) is 1.54. The number of amides is 1. The van der Waals surface area contributed by atoms with Crippen molar-refractivity contribution < 1.29 is 9.53 Å². The molecule has 3 rings (SSSR count). The molecule has 0 spiro atoms. The van der Waals surface area contributed by atoms with Crippen molar-refractivity contribution in [1.82, 2.24) is 20.3 Å². The molecule has 0 radical (unpaired) electrons. The lowest BCUT2D eigenvalue weighted by atomic mass is 10.0. The van der Waals surface area contributed by atoms with Gasteiger partial charge in [0.15, 0.2) is 0 Å². The maximum atomic E-state index is 12.2. The molecule has 6 heteroatoms. The summed E-state index contributed by atoms with van der Waals surface area (Å²) in [6, 6.07) is 5.30. The molecule has 0 saturated carbocycles. The Bertz CT molecular complexity index is 626. The fourth-order valence-corrected chi connectivity index (χ4v) is 1.97. The number of ether oxygens (including phenoxy) is 1. The Hall–Kier alpha value is -2.34. The van der Waals surface area contributed by atoms with Gasteiger partial charge >= 0.3 is 0 Å². The molecule has 1 aliphatic heterocycles. The van der Waals surface area contributed by atoms with E-state index < -0.39 is 0 Å². The van der Waals surface area contributed by atoms with Crippen LogP contribution in [0.1, 0.15) is 17.4 Å². The van der Waals surface area contributed by atoms with Crippen LogP contribution in [0.15, 0.2) is 36.9 Å². The molecule has 0 aliphatic carbocycles. The molecule has 1 N–H and O–H groups in total. The zero-order valence-electron chi connectivity index (χ0n) is 11.0. The van der Waals surface area contributed by atoms with Gasteiger partial charge in [0.05, 0.1) is 24.4 Å². The summed E-state index contributed by atoms with van der Waals surface area (Å²) in [7, 11) is 0. The monoisotopic (exact) mass is 270 g/mol. The average molecular weight is 270 g/mol. The number of hydrogen-bond acceptors (Lipinski definition) is 5. The third-order valence-corrected chi connectivity index (χ3v) is 3.09. The maximum absolute atomic E-state index is 12.2. The first-order valence-electron chi connectivity index (χ1n) is 6.29. The van der Waals surface area contributed by atoms with E-state index in [1.54, 1.807) is 24.5 Å². The van der Waals surface area contributed by atoms with Crippen molar-refractivity contribution in [3.05, 3.63) is 42.6 Å². The van der Waals surface area contributed by atoms with Gasteiger partial charge in [-0.25, -0.2) is 15.0 Å². The fraction of sp³-hybridized carbons (Fsp3) is 0.286. The predicted octanol–water partition coefficient (Wildman–Crippen LogP) is 1.06. The molecule has 1 fully saturated rings. The average Bonchev–Trinajstić information content (AvgIpc) is 2.46. The van der Waals surface area contributed by atoms with Crippen molar-refractivity contribution in [3.63, 3.8) is 0 Å². The minimum absolute atomic E-state index is 0.200. The van der Waals surface area contributed by atoms with Crippen LogP contribution >= 0.6 is 0 Å². The molecule has 102 valence electrons. The molecule has 2 aromatic heterocycles. The molecule has 1 saturated heterocycles. The van der Waals surface area contributed by atoms with Gasteiger partial charge in [-0.3, -0.25) is 4.79 Å². The number of pyridine rings is 1. The third kappa shape index (κ3) is 2.50. The molecule has 0 bridgehead atoms. The van der Waals surface area contributed by atoms with Gasteiger partial charge in [0, 0.05) is 18.0 Å². The van der Waals surface area contributed by atoms with Crippen LogP contribution in [-0.4, -0.2) is 39.6 Å². The van der Waals surface area contributed by atoms with Crippen molar-refractivity contribution in [2.45, 2.75) is 12.5 Å². The molecule has 2 aromatic rings. The normalized spacial score (nSPS) is 16.2. The molecular formula is C14H14N4O2. The van der Waals surface area contributed by atoms with Crippen molar-refractivity contribution in [2.24, 2.45) is 0 Å². The molecule has 0 unspecified atom stereocenters. The Morgan fingerprint density at radius 3 is 2.70 bits per heavy atom. The largest absolute Gasteiger partial charge is 0.376 e. The zero-order chi connectivity index (χ0) is 14.0. The van der Waals surface area contributed by atoms with E-state index in [9.17, 15) is 4.79 Å². The van der Waals surface area contributed by atoms with Crippen LogP contribution in [0, 0.1) is 0 Å². The first kappa shape index (κ1) is 12.7. The molecule has 1 amide bonds. The second-order valence-electron chi connectivity index (χ2n) is 5.04. The number of nitrogens with one attached hydrogen (secondary N) is 1. The van der Waals surface area contributed by atoms with Crippen LogP contribution in [-0.2, 0) is 4.74 Å². The Kier molecular flexibility index (Phi) is 3.15. The molecule has 1 aliphatic rings. The van der Waals surface area contributed by atoms with Crippen molar-refractivity contribution in [1.29, 1.82) is 0 Å². The Labute approximate surface area is 116 Å². The summed E-state index contributed by atoms with van der Waals surface area (Å²) in [6.45, 7) is 3.01. The smallest absolute Gasteiger partial charge is 0.270 e. The third-order valence-electron chi connectivity index (χ3n) is 3.09. The predicted molar refractivity (Wildman–Crippen MR) is 72.0 cm³/mol. The first-order valence-corrected chi connectivity index (χ1v) is 6.29. The van der Waals surface area contributed by atoms with Gasteiger partial charge in [0.25, 0.3) is 5.91 Å². The number of hydrogen-bond donors (Lipinski definition) is 1. The van der Waals surface area contributed by atoms with E-state index >= 15 is 0 Å². The van der Waals surface area contributed by atoms with Crippen LogP contribution in [0.5, 0.6) is 0 Å². The minimum atomic E-state index is -0.287. The molecule has 20 heavy (non-hydrogen) atoms. The van der Waals surface area contributed by atoms with E-state index in [0.717, 1.165) is 5.56 Å². The summed E-state index contributed by atoms with van der Waals surface area (Å²) in [5, 5.41) is 2.93. The highest BCUT2D eigenvalue weighted by Gasteiger charge is 2.35. The highest BCUT2D eigenvalue weighted by molar-refractivity contribution is 5.93. The van der Waals surface area contributed by atoms with Gasteiger partial charge in [-0.05, 0) is 19.1 Å². The summed E-state index contributed by atoms with van der Waals surface area (Å²) < 4.78 is 5.12. The first-order chi connectivity index (χ1) is 9.66. The van der Waals surface area contributed by atoms with Gasteiger partial charge in [-0.15, -0.1) is 0 Å². The number of nitrogens with zero attached hydrogens (tertiary/aromatic N) is 3. The van der Waals surface area contributed by atoms with Crippen LogP contribution < -0.4 is 5.32 Å². The van der Waals surface area contributed by atoms with Gasteiger partial charge in [0.2, 0.25) is 0 Å².